The number of nitrogens with one attached hydrogen (secondary N) is 1. The molecule has 122 valence electrons. The number of hydrogen-bond acceptors (Lipinski definition) is 1. The van der Waals surface area contributed by atoms with Crippen LogP contribution >= 0.6 is 0 Å². The van der Waals surface area contributed by atoms with Crippen LogP contribution in [0.3, 0.4) is 0 Å². The van der Waals surface area contributed by atoms with E-state index in [-0.39, 0.29) is 24.0 Å². The highest BCUT2D eigenvalue weighted by Crippen LogP contribution is 2.17. The summed E-state index contributed by atoms with van der Waals surface area (Å²) in [5.41, 5.74) is 1.37. The van der Waals surface area contributed by atoms with Gasteiger partial charge in [0.15, 0.2) is 11.9 Å². The third kappa shape index (κ3) is 6.61. The largest absolute Gasteiger partial charge is 1.00 e. The molecule has 0 aliphatic heterocycles. The van der Waals surface area contributed by atoms with Gasteiger partial charge in [-0.1, -0.05) is 56.7 Å². The maximum Gasteiger partial charge on any atom is 0.187 e. The Hall–Kier alpha value is -0.680. The second-order valence-electron chi connectivity index (χ2n) is 5.85. The fourth-order valence-electron chi connectivity index (χ4n) is 2.91. The van der Waals surface area contributed by atoms with Gasteiger partial charge < -0.3 is 29.1 Å². The number of H-pyrrole nitrogens is 1. The van der Waals surface area contributed by atoms with Gasteiger partial charge >= 0.3 is 0 Å². The maximum absolute atomic E-state index is 8.72. The number of hydrogen-bond donors (Lipinski definition) is 1. The lowest BCUT2D eigenvalue weighted by Gasteiger charge is -2.02. The van der Waals surface area contributed by atoms with Crippen LogP contribution in [0.25, 0.3) is 10.8 Å². The Morgan fingerprint density at radius 3 is 2.14 bits per heavy atom. The number of pyridine rings is 1. The van der Waals surface area contributed by atoms with Crippen LogP contribution in [0.1, 0.15) is 57.1 Å². The Morgan fingerprint density at radius 1 is 0.773 bits per heavy atom. The molecule has 2 aromatic rings. The number of rotatable bonds is 10. The number of aliphatic hydroxyl groups is 1. The normalized spacial score (nSPS) is 10.6. The molecule has 0 fully saturated rings. The molecule has 0 aliphatic rings. The number of unbranched alkanes of at least 4 members (excludes halogenated alkanes) is 7. The summed E-state index contributed by atoms with van der Waals surface area (Å²) in [5.74, 6) is 0. The number of fused-ring (bicyclic) bond motifs is 1. The van der Waals surface area contributed by atoms with Crippen LogP contribution in [0, 0.1) is 0 Å². The van der Waals surface area contributed by atoms with E-state index < -0.39 is 0 Å². The standard InChI is InChI=1S/C19H27NO.HI/c21-16-10-6-4-2-1-3-5-7-13-19-18-12-9-8-11-17(18)14-15-20-19;/h8-9,11-12,14-15,21H,1-7,10,13,16H2;1H. The summed E-state index contributed by atoms with van der Waals surface area (Å²) in [6, 6.07) is 10.8. The van der Waals surface area contributed by atoms with Crippen molar-refractivity contribution < 1.29 is 34.1 Å². The minimum atomic E-state index is 0. The van der Waals surface area contributed by atoms with Crippen molar-refractivity contribution in [2.24, 2.45) is 0 Å². The molecule has 0 atom stereocenters. The van der Waals surface area contributed by atoms with Crippen molar-refractivity contribution in [3.63, 3.8) is 0 Å². The van der Waals surface area contributed by atoms with Crippen molar-refractivity contribution in [1.82, 2.24) is 0 Å². The highest BCUT2D eigenvalue weighted by Gasteiger charge is 2.06. The molecule has 3 heteroatoms. The predicted molar refractivity (Wildman–Crippen MR) is 88.2 cm³/mol. The first kappa shape index (κ1) is 19.4. The molecular weight excluding hydrogens is 385 g/mol. The summed E-state index contributed by atoms with van der Waals surface area (Å²) in [7, 11) is 0. The molecule has 0 unspecified atom stereocenters. The highest BCUT2D eigenvalue weighted by atomic mass is 127. The summed E-state index contributed by atoms with van der Waals surface area (Å²) in [6.45, 7) is 0.349. The summed E-state index contributed by atoms with van der Waals surface area (Å²) >= 11 is 0. The van der Waals surface area contributed by atoms with Crippen LogP contribution in [0.2, 0.25) is 0 Å². The lowest BCUT2D eigenvalue weighted by atomic mass is 10.0. The number of halogens is 1. The van der Waals surface area contributed by atoms with E-state index in [4.69, 9.17) is 5.11 Å². The Kier molecular flexibility index (Phi) is 10.4. The van der Waals surface area contributed by atoms with Crippen molar-refractivity contribution in [3.05, 3.63) is 42.2 Å². The molecule has 2 nitrogen and oxygen atoms in total. The quantitative estimate of drug-likeness (QED) is 0.463. The Morgan fingerprint density at radius 2 is 1.41 bits per heavy atom. The summed E-state index contributed by atoms with van der Waals surface area (Å²) < 4.78 is 0. The average molecular weight is 413 g/mol. The molecule has 0 saturated carbocycles. The van der Waals surface area contributed by atoms with Crippen molar-refractivity contribution in [1.29, 1.82) is 0 Å². The lowest BCUT2D eigenvalue weighted by molar-refractivity contribution is -0.388. The van der Waals surface area contributed by atoms with Crippen LogP contribution in [0.15, 0.2) is 36.5 Å². The minimum Gasteiger partial charge on any atom is -1.00 e. The zero-order valence-corrected chi connectivity index (χ0v) is 15.5. The minimum absolute atomic E-state index is 0. The topological polar surface area (TPSA) is 34.4 Å². The lowest BCUT2D eigenvalue weighted by Crippen LogP contribution is -3.00. The molecule has 22 heavy (non-hydrogen) atoms. The Balaban J connectivity index is 0.00000242. The molecule has 0 spiro atoms. The molecule has 0 radical (unpaired) electrons. The zero-order valence-electron chi connectivity index (χ0n) is 13.4. The first-order chi connectivity index (χ1) is 10.4. The third-order valence-corrected chi connectivity index (χ3v) is 4.14. The van der Waals surface area contributed by atoms with E-state index in [9.17, 15) is 0 Å². The van der Waals surface area contributed by atoms with Crippen molar-refractivity contribution in [3.8, 4) is 0 Å². The number of aromatic amines is 1. The molecule has 2 rings (SSSR count). The zero-order chi connectivity index (χ0) is 14.8. The van der Waals surface area contributed by atoms with Crippen molar-refractivity contribution in [2.75, 3.05) is 6.61 Å². The molecule has 1 aromatic carbocycles. The van der Waals surface area contributed by atoms with Gasteiger partial charge in [-0.05, 0) is 24.3 Å². The van der Waals surface area contributed by atoms with Gasteiger partial charge in [-0.3, -0.25) is 0 Å². The van der Waals surface area contributed by atoms with E-state index in [1.165, 1.54) is 61.4 Å². The summed E-state index contributed by atoms with van der Waals surface area (Å²) in [4.78, 5) is 3.41. The Labute approximate surface area is 151 Å². The molecule has 0 aliphatic carbocycles. The predicted octanol–water partition coefficient (Wildman–Crippen LogP) is 1.31. The van der Waals surface area contributed by atoms with Crippen LogP contribution in [0.5, 0.6) is 0 Å². The number of aromatic nitrogens is 1. The van der Waals surface area contributed by atoms with Crippen molar-refractivity contribution >= 4 is 10.8 Å². The van der Waals surface area contributed by atoms with Gasteiger partial charge in [-0.25, -0.2) is 4.98 Å². The van der Waals surface area contributed by atoms with Crippen LogP contribution in [-0.4, -0.2) is 11.7 Å². The first-order valence-corrected chi connectivity index (χ1v) is 8.41. The van der Waals surface area contributed by atoms with Gasteiger partial charge in [-0.15, -0.1) is 0 Å². The maximum atomic E-state index is 8.72. The van der Waals surface area contributed by atoms with Gasteiger partial charge in [0.2, 0.25) is 0 Å². The smallest absolute Gasteiger partial charge is 0.187 e. The van der Waals surface area contributed by atoms with Crippen LogP contribution in [-0.2, 0) is 6.42 Å². The van der Waals surface area contributed by atoms with E-state index in [2.05, 4.69) is 41.5 Å². The molecule has 1 aromatic heterocycles. The molecule has 2 N–H and O–H groups in total. The second kappa shape index (κ2) is 11.8. The third-order valence-electron chi connectivity index (χ3n) is 4.14. The molecule has 0 amide bonds. The van der Waals surface area contributed by atoms with Gasteiger partial charge in [0, 0.05) is 24.5 Å². The van der Waals surface area contributed by atoms with Gasteiger partial charge in [0.1, 0.15) is 0 Å². The number of aryl methyl sites for hydroxylation is 1. The Bertz CT molecular complexity index is 524. The summed E-state index contributed by atoms with van der Waals surface area (Å²) in [6.07, 6.45) is 13.2. The number of benzene rings is 1. The second-order valence-corrected chi connectivity index (χ2v) is 5.85. The monoisotopic (exact) mass is 413 g/mol. The fraction of sp³-hybridized carbons (Fsp3) is 0.526. The highest BCUT2D eigenvalue weighted by molar-refractivity contribution is 5.83. The van der Waals surface area contributed by atoms with Gasteiger partial charge in [-0.2, -0.15) is 0 Å². The molecular formula is C19H28INO. The SMILES string of the molecule is OCCCCCCCCCCc1[nH+]ccc2ccccc12.[I-]. The van der Waals surface area contributed by atoms with Crippen LogP contribution in [0.4, 0.5) is 0 Å². The fourth-order valence-corrected chi connectivity index (χ4v) is 2.91. The molecule has 0 saturated heterocycles. The molecule has 1 heterocycles. The van der Waals surface area contributed by atoms with Crippen molar-refractivity contribution in [2.45, 2.75) is 57.8 Å². The van der Waals surface area contributed by atoms with Crippen LogP contribution < -0.4 is 29.0 Å². The van der Waals surface area contributed by atoms with E-state index in [1.54, 1.807) is 0 Å². The van der Waals surface area contributed by atoms with Gasteiger partial charge in [0.05, 0.1) is 0 Å². The summed E-state index contributed by atoms with van der Waals surface area (Å²) in [5, 5.41) is 11.4. The first-order valence-electron chi connectivity index (χ1n) is 8.41. The van der Waals surface area contributed by atoms with E-state index in [0.717, 1.165) is 12.8 Å². The number of aliphatic hydroxyl groups excluding tert-OH is 1. The molecule has 0 bridgehead atoms. The van der Waals surface area contributed by atoms with E-state index >= 15 is 0 Å². The van der Waals surface area contributed by atoms with Gasteiger partial charge in [0.25, 0.3) is 0 Å². The van der Waals surface area contributed by atoms with E-state index in [0.29, 0.717) is 6.61 Å². The average Bonchev–Trinajstić information content (AvgIpc) is 2.53. The van der Waals surface area contributed by atoms with E-state index in [1.807, 2.05) is 0 Å².